The number of aliphatic hydroxyl groups is 1. The third-order valence-electron chi connectivity index (χ3n) is 4.16. The zero-order chi connectivity index (χ0) is 13.8. The number of carboxylic acid groups (broad SMARTS) is 1. The Morgan fingerprint density at radius 3 is 2.84 bits per heavy atom. The topological polar surface area (TPSA) is 79.2 Å². The second-order valence-corrected chi connectivity index (χ2v) is 5.40. The van der Waals surface area contributed by atoms with E-state index in [1.807, 2.05) is 0 Å². The van der Waals surface area contributed by atoms with Crippen LogP contribution < -0.4 is 0 Å². The number of aliphatic hydroxyl groups excluding tert-OH is 1. The standard InChI is InChI=1S/C13H23NO5/c1-18-4-5-19-8-10(15)7-14-9-2-3-12(14)11(6-9)13(16)17/h9-12,15H,2-8H2,1H3,(H,16,17). The second kappa shape index (κ2) is 6.65. The predicted octanol–water partition coefficient (Wildman–Crippen LogP) is -0.0522. The fraction of sp³-hybridized carbons (Fsp3) is 0.923. The molecule has 0 spiro atoms. The Morgan fingerprint density at radius 1 is 1.42 bits per heavy atom. The Labute approximate surface area is 113 Å². The zero-order valence-electron chi connectivity index (χ0n) is 11.3. The Hall–Kier alpha value is -0.690. The Morgan fingerprint density at radius 2 is 2.21 bits per heavy atom. The van der Waals surface area contributed by atoms with Crippen LogP contribution in [0, 0.1) is 5.92 Å². The molecule has 4 atom stereocenters. The van der Waals surface area contributed by atoms with Crippen LogP contribution in [0.25, 0.3) is 0 Å². The summed E-state index contributed by atoms with van der Waals surface area (Å²) >= 11 is 0. The van der Waals surface area contributed by atoms with E-state index in [9.17, 15) is 9.90 Å². The highest BCUT2D eigenvalue weighted by molar-refractivity contribution is 5.71. The summed E-state index contributed by atoms with van der Waals surface area (Å²) in [6.45, 7) is 1.77. The zero-order valence-corrected chi connectivity index (χ0v) is 11.3. The molecule has 4 unspecified atom stereocenters. The van der Waals surface area contributed by atoms with E-state index in [1.54, 1.807) is 7.11 Å². The van der Waals surface area contributed by atoms with Gasteiger partial charge in [-0.1, -0.05) is 0 Å². The molecule has 0 aliphatic carbocycles. The molecule has 2 rings (SSSR count). The molecule has 2 aliphatic heterocycles. The minimum absolute atomic E-state index is 0.0936. The van der Waals surface area contributed by atoms with Gasteiger partial charge in [0.05, 0.1) is 31.8 Å². The van der Waals surface area contributed by atoms with Gasteiger partial charge >= 0.3 is 5.97 Å². The summed E-state index contributed by atoms with van der Waals surface area (Å²) in [4.78, 5) is 13.3. The molecule has 19 heavy (non-hydrogen) atoms. The first-order chi connectivity index (χ1) is 9.13. The van der Waals surface area contributed by atoms with E-state index in [4.69, 9.17) is 14.6 Å². The van der Waals surface area contributed by atoms with E-state index in [2.05, 4.69) is 4.90 Å². The van der Waals surface area contributed by atoms with Crippen molar-refractivity contribution in [1.82, 2.24) is 4.90 Å². The quantitative estimate of drug-likeness (QED) is 0.604. The number of nitrogens with zero attached hydrogens (tertiary/aromatic N) is 1. The highest BCUT2D eigenvalue weighted by Crippen LogP contribution is 2.41. The summed E-state index contributed by atoms with van der Waals surface area (Å²) in [5, 5.41) is 19.1. The third-order valence-corrected chi connectivity index (χ3v) is 4.16. The number of carbonyl (C=O) groups is 1. The van der Waals surface area contributed by atoms with Crippen molar-refractivity contribution >= 4 is 5.97 Å². The maximum absolute atomic E-state index is 11.1. The molecule has 110 valence electrons. The van der Waals surface area contributed by atoms with E-state index >= 15 is 0 Å². The molecular weight excluding hydrogens is 250 g/mol. The molecule has 0 aromatic rings. The van der Waals surface area contributed by atoms with Crippen molar-refractivity contribution in [2.75, 3.05) is 33.5 Å². The van der Waals surface area contributed by atoms with Crippen molar-refractivity contribution in [3.05, 3.63) is 0 Å². The van der Waals surface area contributed by atoms with Gasteiger partial charge in [0, 0.05) is 25.7 Å². The van der Waals surface area contributed by atoms with E-state index in [-0.39, 0.29) is 18.6 Å². The van der Waals surface area contributed by atoms with Crippen molar-refractivity contribution in [3.8, 4) is 0 Å². The van der Waals surface area contributed by atoms with Crippen molar-refractivity contribution in [1.29, 1.82) is 0 Å². The monoisotopic (exact) mass is 273 g/mol. The highest BCUT2D eigenvalue weighted by atomic mass is 16.5. The van der Waals surface area contributed by atoms with Crippen molar-refractivity contribution in [2.24, 2.45) is 5.92 Å². The van der Waals surface area contributed by atoms with Crippen LogP contribution in [0.5, 0.6) is 0 Å². The number of aliphatic carboxylic acids is 1. The number of hydrogen-bond acceptors (Lipinski definition) is 5. The molecule has 0 aromatic heterocycles. The molecule has 6 nitrogen and oxygen atoms in total. The molecule has 2 heterocycles. The van der Waals surface area contributed by atoms with Gasteiger partial charge in [0.2, 0.25) is 0 Å². The molecule has 2 fully saturated rings. The molecule has 0 radical (unpaired) electrons. The summed E-state index contributed by atoms with van der Waals surface area (Å²) < 4.78 is 10.2. The normalized spacial score (nSPS) is 31.8. The van der Waals surface area contributed by atoms with Crippen molar-refractivity contribution in [3.63, 3.8) is 0 Å². The molecule has 2 aliphatic rings. The molecule has 2 N–H and O–H groups in total. The second-order valence-electron chi connectivity index (χ2n) is 5.40. The lowest BCUT2D eigenvalue weighted by Crippen LogP contribution is -2.40. The maximum Gasteiger partial charge on any atom is 0.308 e. The van der Waals surface area contributed by atoms with Gasteiger partial charge in [-0.05, 0) is 19.3 Å². The first-order valence-electron chi connectivity index (χ1n) is 6.86. The van der Waals surface area contributed by atoms with Crippen LogP contribution in [0.1, 0.15) is 19.3 Å². The van der Waals surface area contributed by atoms with Gasteiger partial charge in [-0.15, -0.1) is 0 Å². The Balaban J connectivity index is 1.75. The van der Waals surface area contributed by atoms with E-state index in [0.717, 1.165) is 19.3 Å². The molecular formula is C13H23NO5. The lowest BCUT2D eigenvalue weighted by Gasteiger charge is -2.25. The van der Waals surface area contributed by atoms with Crippen molar-refractivity contribution in [2.45, 2.75) is 37.5 Å². The molecule has 2 bridgehead atoms. The largest absolute Gasteiger partial charge is 0.481 e. The lowest BCUT2D eigenvalue weighted by atomic mass is 9.89. The number of ether oxygens (including phenoxy) is 2. The summed E-state index contributed by atoms with van der Waals surface area (Å²) in [5.41, 5.74) is 0. The van der Waals surface area contributed by atoms with Gasteiger partial charge in [-0.2, -0.15) is 0 Å². The molecule has 0 aromatic carbocycles. The molecule has 0 saturated carbocycles. The van der Waals surface area contributed by atoms with E-state index < -0.39 is 12.1 Å². The first kappa shape index (κ1) is 14.7. The van der Waals surface area contributed by atoms with Gasteiger partial charge in [-0.25, -0.2) is 0 Å². The number of rotatable bonds is 8. The number of methoxy groups -OCH3 is 1. The smallest absolute Gasteiger partial charge is 0.308 e. The third kappa shape index (κ3) is 3.45. The van der Waals surface area contributed by atoms with Gasteiger partial charge in [-0.3, -0.25) is 9.69 Å². The van der Waals surface area contributed by atoms with Gasteiger partial charge < -0.3 is 19.7 Å². The van der Waals surface area contributed by atoms with Crippen LogP contribution in [0.3, 0.4) is 0 Å². The highest BCUT2D eigenvalue weighted by Gasteiger charge is 2.49. The summed E-state index contributed by atoms with van der Waals surface area (Å²) in [6, 6.07) is 0.413. The predicted molar refractivity (Wildman–Crippen MR) is 68.0 cm³/mol. The minimum atomic E-state index is -0.706. The fourth-order valence-electron chi connectivity index (χ4n) is 3.31. The van der Waals surface area contributed by atoms with Gasteiger partial charge in [0.25, 0.3) is 0 Å². The molecule has 0 amide bonds. The maximum atomic E-state index is 11.1. The lowest BCUT2D eigenvalue weighted by molar-refractivity contribution is -0.142. The SMILES string of the molecule is COCCOCC(O)CN1C2CCC1C(C(=O)O)C2. The van der Waals surface area contributed by atoms with Crippen molar-refractivity contribution < 1.29 is 24.5 Å². The van der Waals surface area contributed by atoms with Gasteiger partial charge in [0.1, 0.15) is 0 Å². The Bertz CT molecular complexity index is 311. The minimum Gasteiger partial charge on any atom is -0.481 e. The van der Waals surface area contributed by atoms with Crippen LogP contribution in [-0.4, -0.2) is 72.7 Å². The first-order valence-corrected chi connectivity index (χ1v) is 6.86. The number of hydrogen-bond donors (Lipinski definition) is 2. The summed E-state index contributed by atoms with van der Waals surface area (Å²) in [5.74, 6) is -0.969. The Kier molecular flexibility index (Phi) is 5.15. The molecule has 2 saturated heterocycles. The van der Waals surface area contributed by atoms with E-state index in [0.29, 0.717) is 25.8 Å². The molecule has 6 heteroatoms. The van der Waals surface area contributed by atoms with Gasteiger partial charge in [0.15, 0.2) is 0 Å². The number of carboxylic acids is 1. The van der Waals surface area contributed by atoms with Crippen LogP contribution in [0.4, 0.5) is 0 Å². The van der Waals surface area contributed by atoms with Crippen LogP contribution in [0.2, 0.25) is 0 Å². The average molecular weight is 273 g/mol. The fourth-order valence-corrected chi connectivity index (χ4v) is 3.31. The number of fused-ring (bicyclic) bond motifs is 2. The van der Waals surface area contributed by atoms with Crippen LogP contribution in [-0.2, 0) is 14.3 Å². The summed E-state index contributed by atoms with van der Waals surface area (Å²) in [6.07, 6.45) is 2.13. The van der Waals surface area contributed by atoms with Crippen LogP contribution in [0.15, 0.2) is 0 Å². The average Bonchev–Trinajstić information content (AvgIpc) is 2.92. The van der Waals surface area contributed by atoms with E-state index in [1.165, 1.54) is 0 Å². The summed E-state index contributed by atoms with van der Waals surface area (Å²) in [7, 11) is 1.60. The van der Waals surface area contributed by atoms with Crippen LogP contribution >= 0.6 is 0 Å².